The summed E-state index contributed by atoms with van der Waals surface area (Å²) in [5.41, 5.74) is 2.86. The highest BCUT2D eigenvalue weighted by Gasteiger charge is 2.48. The molecule has 1 N–H and O–H groups in total. The molecule has 3 nitrogen and oxygen atoms in total. The number of rotatable bonds is 6. The molecule has 1 aliphatic carbocycles. The predicted molar refractivity (Wildman–Crippen MR) is 105 cm³/mol. The average Bonchev–Trinajstić information content (AvgIpc) is 3.14. The fourth-order valence-electron chi connectivity index (χ4n) is 4.95. The van der Waals surface area contributed by atoms with Crippen LogP contribution in [0.5, 0.6) is 0 Å². The molecule has 4 rings (SSSR count). The van der Waals surface area contributed by atoms with Gasteiger partial charge in [0.25, 0.3) is 0 Å². The van der Waals surface area contributed by atoms with Crippen LogP contribution in [-0.2, 0) is 16.7 Å². The van der Waals surface area contributed by atoms with Crippen LogP contribution < -0.4 is 5.32 Å². The molecule has 3 heteroatoms. The molecule has 2 fully saturated rings. The lowest BCUT2D eigenvalue weighted by molar-refractivity contribution is -0.104. The van der Waals surface area contributed by atoms with Crippen molar-refractivity contribution in [3.05, 3.63) is 66.0 Å². The van der Waals surface area contributed by atoms with E-state index in [1.165, 1.54) is 36.9 Å². The van der Waals surface area contributed by atoms with E-state index in [-0.39, 0.29) is 11.0 Å². The number of hydrogen-bond acceptors (Lipinski definition) is 3. The maximum absolute atomic E-state index is 6.33. The zero-order chi connectivity index (χ0) is 17.7. The molecule has 26 heavy (non-hydrogen) atoms. The van der Waals surface area contributed by atoms with E-state index < -0.39 is 0 Å². The highest BCUT2D eigenvalue weighted by atomic mass is 16.5. The third-order valence-corrected chi connectivity index (χ3v) is 6.32. The van der Waals surface area contributed by atoms with Gasteiger partial charge in [0.05, 0.1) is 5.60 Å². The highest BCUT2D eigenvalue weighted by Crippen LogP contribution is 2.49. The largest absolute Gasteiger partial charge is 0.375 e. The van der Waals surface area contributed by atoms with Gasteiger partial charge in [0, 0.05) is 30.5 Å². The predicted octanol–water partition coefficient (Wildman–Crippen LogP) is 4.62. The zero-order valence-corrected chi connectivity index (χ0v) is 15.6. The van der Waals surface area contributed by atoms with E-state index in [2.05, 4.69) is 47.8 Å². The van der Waals surface area contributed by atoms with Crippen molar-refractivity contribution in [2.75, 3.05) is 13.2 Å². The number of nitrogens with zero attached hydrogens (tertiary/aromatic N) is 1. The Morgan fingerprint density at radius 3 is 2.54 bits per heavy atom. The molecule has 0 radical (unpaired) electrons. The van der Waals surface area contributed by atoms with Crippen molar-refractivity contribution >= 4 is 0 Å². The first-order valence-electron chi connectivity index (χ1n) is 10.1. The van der Waals surface area contributed by atoms with Gasteiger partial charge in [-0.1, -0.05) is 49.2 Å². The quantitative estimate of drug-likeness (QED) is 0.772. The molecular formula is C23H30N2O. The summed E-state index contributed by atoms with van der Waals surface area (Å²) >= 11 is 0. The molecule has 2 aromatic rings. The van der Waals surface area contributed by atoms with Gasteiger partial charge in [0.2, 0.25) is 0 Å². The summed E-state index contributed by atoms with van der Waals surface area (Å²) < 4.78 is 6.33. The lowest BCUT2D eigenvalue weighted by atomic mass is 9.68. The molecule has 2 heterocycles. The van der Waals surface area contributed by atoms with Crippen LogP contribution in [0.3, 0.4) is 0 Å². The number of aromatic nitrogens is 1. The Morgan fingerprint density at radius 2 is 1.77 bits per heavy atom. The van der Waals surface area contributed by atoms with Crippen LogP contribution in [0, 0.1) is 0 Å². The Balaban J connectivity index is 1.46. The first kappa shape index (κ1) is 17.7. The molecule has 1 saturated carbocycles. The van der Waals surface area contributed by atoms with Crippen LogP contribution in [0.15, 0.2) is 54.7 Å². The van der Waals surface area contributed by atoms with Crippen molar-refractivity contribution in [3.63, 3.8) is 0 Å². The van der Waals surface area contributed by atoms with Gasteiger partial charge in [-0.15, -0.1) is 0 Å². The molecule has 1 spiro atoms. The van der Waals surface area contributed by atoms with Crippen molar-refractivity contribution in [2.24, 2.45) is 0 Å². The van der Waals surface area contributed by atoms with Gasteiger partial charge in [0.15, 0.2) is 0 Å². The Hall–Kier alpha value is -1.71. The molecule has 0 bridgehead atoms. The number of benzene rings is 1. The third kappa shape index (κ3) is 3.84. The summed E-state index contributed by atoms with van der Waals surface area (Å²) in [5.74, 6) is 0. The normalized spacial score (nSPS) is 24.8. The van der Waals surface area contributed by atoms with Crippen molar-refractivity contribution in [1.82, 2.24) is 10.3 Å². The highest BCUT2D eigenvalue weighted by molar-refractivity contribution is 5.21. The molecule has 138 valence electrons. The number of nitrogens with one attached hydrogen (secondary N) is 1. The lowest BCUT2D eigenvalue weighted by Crippen LogP contribution is -2.47. The van der Waals surface area contributed by atoms with E-state index in [9.17, 15) is 0 Å². The monoisotopic (exact) mass is 350 g/mol. The van der Waals surface area contributed by atoms with Crippen molar-refractivity contribution in [1.29, 1.82) is 0 Å². The summed E-state index contributed by atoms with van der Waals surface area (Å²) in [4.78, 5) is 4.78. The van der Waals surface area contributed by atoms with E-state index in [0.29, 0.717) is 0 Å². The van der Waals surface area contributed by atoms with E-state index in [4.69, 9.17) is 9.72 Å². The van der Waals surface area contributed by atoms with Crippen LogP contribution in [0.1, 0.15) is 56.2 Å². The van der Waals surface area contributed by atoms with Gasteiger partial charge in [0.1, 0.15) is 0 Å². The maximum Gasteiger partial charge on any atom is 0.0691 e. The molecule has 1 aromatic heterocycles. The van der Waals surface area contributed by atoms with Gasteiger partial charge in [-0.25, -0.2) is 0 Å². The second-order valence-electron chi connectivity index (χ2n) is 8.07. The van der Waals surface area contributed by atoms with Crippen LogP contribution in [0.2, 0.25) is 0 Å². The van der Waals surface area contributed by atoms with Gasteiger partial charge in [-0.2, -0.15) is 0 Å². The van der Waals surface area contributed by atoms with E-state index in [0.717, 1.165) is 39.0 Å². The summed E-state index contributed by atoms with van der Waals surface area (Å²) in [7, 11) is 0. The Morgan fingerprint density at radius 1 is 0.962 bits per heavy atom. The Kier molecular flexibility index (Phi) is 5.37. The molecule has 1 atom stereocenters. The molecule has 1 saturated heterocycles. The smallest absolute Gasteiger partial charge is 0.0691 e. The average molecular weight is 351 g/mol. The zero-order valence-electron chi connectivity index (χ0n) is 15.6. The topological polar surface area (TPSA) is 34.2 Å². The van der Waals surface area contributed by atoms with Gasteiger partial charge in [-0.3, -0.25) is 4.98 Å². The molecular weight excluding hydrogens is 320 g/mol. The van der Waals surface area contributed by atoms with E-state index in [1.54, 1.807) is 0 Å². The first-order chi connectivity index (χ1) is 12.8. The molecule has 2 aliphatic rings. The Labute approximate surface area is 157 Å². The summed E-state index contributed by atoms with van der Waals surface area (Å²) in [6, 6.07) is 17.0. The van der Waals surface area contributed by atoms with E-state index in [1.807, 2.05) is 12.3 Å². The third-order valence-electron chi connectivity index (χ3n) is 6.32. The first-order valence-corrected chi connectivity index (χ1v) is 10.1. The van der Waals surface area contributed by atoms with Crippen LogP contribution in [0.25, 0.3) is 0 Å². The fraction of sp³-hybridized carbons (Fsp3) is 0.522. The summed E-state index contributed by atoms with van der Waals surface area (Å²) in [5, 5.41) is 3.65. The van der Waals surface area contributed by atoms with Crippen molar-refractivity contribution in [3.8, 4) is 0 Å². The number of pyridine rings is 1. The van der Waals surface area contributed by atoms with Crippen molar-refractivity contribution < 1.29 is 4.74 Å². The summed E-state index contributed by atoms with van der Waals surface area (Å²) in [6.45, 7) is 2.82. The summed E-state index contributed by atoms with van der Waals surface area (Å²) in [6.07, 6.45) is 10.4. The van der Waals surface area contributed by atoms with Crippen LogP contribution in [0.4, 0.5) is 0 Å². The molecule has 0 amide bonds. The van der Waals surface area contributed by atoms with Crippen LogP contribution in [-0.4, -0.2) is 23.7 Å². The fourth-order valence-corrected chi connectivity index (χ4v) is 4.95. The lowest BCUT2D eigenvalue weighted by Gasteiger charge is -2.46. The SMILES string of the molecule is c1ccc(CNCC[C@@]2(c3ccccn3)CCOC3(CCCC3)C2)cc1. The van der Waals surface area contributed by atoms with Gasteiger partial charge in [-0.05, 0) is 56.3 Å². The number of ether oxygens (including phenoxy) is 1. The van der Waals surface area contributed by atoms with Gasteiger partial charge >= 0.3 is 0 Å². The second kappa shape index (κ2) is 7.89. The van der Waals surface area contributed by atoms with Gasteiger partial charge < -0.3 is 10.1 Å². The number of hydrogen-bond donors (Lipinski definition) is 1. The minimum Gasteiger partial charge on any atom is -0.375 e. The minimum absolute atomic E-state index is 0.106. The molecule has 0 unspecified atom stereocenters. The minimum atomic E-state index is 0.106. The standard InChI is InChI=1S/C23H30N2O/c1-2-8-20(9-3-1)18-24-16-13-22(21-10-4-7-15-25-21)14-17-26-23(19-22)11-5-6-12-23/h1-4,7-10,15,24H,5-6,11-14,16-19H2/t22-/m1/s1. The second-order valence-corrected chi connectivity index (χ2v) is 8.07. The van der Waals surface area contributed by atoms with Crippen LogP contribution >= 0.6 is 0 Å². The Bertz CT molecular complexity index is 682. The maximum atomic E-state index is 6.33. The van der Waals surface area contributed by atoms with Crippen molar-refractivity contribution in [2.45, 2.75) is 62.5 Å². The molecule has 1 aromatic carbocycles. The molecule has 1 aliphatic heterocycles. The van der Waals surface area contributed by atoms with E-state index >= 15 is 0 Å².